The number of carbonyl (C=O) groups excluding carboxylic acids is 1. The van der Waals surface area contributed by atoms with Gasteiger partial charge in [0, 0.05) is 12.2 Å². The van der Waals surface area contributed by atoms with Gasteiger partial charge in [-0.3, -0.25) is 4.79 Å². The number of unbranched alkanes of at least 4 members (excludes halogenated alkanes) is 1. The van der Waals surface area contributed by atoms with Crippen LogP contribution in [-0.2, 0) is 4.79 Å². The van der Waals surface area contributed by atoms with Crippen molar-refractivity contribution in [2.45, 2.75) is 38.0 Å². The molecule has 0 spiro atoms. The number of carbonyl (C=O) groups is 1. The topological polar surface area (TPSA) is 66.9 Å². The van der Waals surface area contributed by atoms with Gasteiger partial charge in [-0.25, -0.2) is 0 Å². The fourth-order valence-electron chi connectivity index (χ4n) is 1.90. The number of hydrogen-bond acceptors (Lipinski definition) is 6. The molecule has 1 heterocycles. The maximum Gasteiger partial charge on any atom is 0.234 e. The molecule has 0 saturated heterocycles. The Labute approximate surface area is 145 Å². The summed E-state index contributed by atoms with van der Waals surface area (Å²) >= 11 is 2.90. The SMILES string of the molecule is CCCCNc1nnc(SCC(=O)Nc2cc(C)ccc2C)s1. The first kappa shape index (κ1) is 17.7. The summed E-state index contributed by atoms with van der Waals surface area (Å²) in [6, 6.07) is 6.03. The molecule has 0 fully saturated rings. The van der Waals surface area contributed by atoms with E-state index in [2.05, 4.69) is 27.8 Å². The predicted octanol–water partition coefficient (Wildman–Crippen LogP) is 4.10. The Morgan fingerprint density at radius 1 is 1.30 bits per heavy atom. The number of rotatable bonds is 8. The van der Waals surface area contributed by atoms with Crippen LogP contribution in [0.25, 0.3) is 0 Å². The Kier molecular flexibility index (Phi) is 6.85. The van der Waals surface area contributed by atoms with Crippen LogP contribution in [0.2, 0.25) is 0 Å². The van der Waals surface area contributed by atoms with Gasteiger partial charge in [-0.1, -0.05) is 48.6 Å². The second-order valence-electron chi connectivity index (χ2n) is 5.31. The van der Waals surface area contributed by atoms with Crippen molar-refractivity contribution in [2.75, 3.05) is 22.9 Å². The van der Waals surface area contributed by atoms with Crippen molar-refractivity contribution in [1.82, 2.24) is 10.2 Å². The van der Waals surface area contributed by atoms with Gasteiger partial charge in [-0.2, -0.15) is 0 Å². The lowest BCUT2D eigenvalue weighted by molar-refractivity contribution is -0.113. The Balaban J connectivity index is 1.81. The molecule has 5 nitrogen and oxygen atoms in total. The maximum atomic E-state index is 12.1. The van der Waals surface area contributed by atoms with Crippen LogP contribution in [0.15, 0.2) is 22.5 Å². The number of nitrogens with one attached hydrogen (secondary N) is 2. The predicted molar refractivity (Wildman–Crippen MR) is 98.6 cm³/mol. The van der Waals surface area contributed by atoms with Crippen LogP contribution >= 0.6 is 23.1 Å². The molecule has 0 atom stereocenters. The zero-order valence-corrected chi connectivity index (χ0v) is 15.3. The number of amides is 1. The van der Waals surface area contributed by atoms with Crippen molar-refractivity contribution in [3.63, 3.8) is 0 Å². The summed E-state index contributed by atoms with van der Waals surface area (Å²) in [6.07, 6.45) is 2.26. The first-order valence-corrected chi connectivity index (χ1v) is 9.46. The highest BCUT2D eigenvalue weighted by Crippen LogP contribution is 2.25. The van der Waals surface area contributed by atoms with E-state index in [0.717, 1.165) is 45.7 Å². The summed E-state index contributed by atoms with van der Waals surface area (Å²) in [6.45, 7) is 7.06. The third-order valence-corrected chi connectivity index (χ3v) is 5.22. The Morgan fingerprint density at radius 2 is 2.13 bits per heavy atom. The van der Waals surface area contributed by atoms with Gasteiger partial charge in [0.15, 0.2) is 4.34 Å². The maximum absolute atomic E-state index is 12.1. The van der Waals surface area contributed by atoms with E-state index in [4.69, 9.17) is 0 Å². The molecular weight excluding hydrogens is 328 g/mol. The van der Waals surface area contributed by atoms with E-state index >= 15 is 0 Å². The van der Waals surface area contributed by atoms with Crippen LogP contribution in [0.5, 0.6) is 0 Å². The Morgan fingerprint density at radius 3 is 2.91 bits per heavy atom. The van der Waals surface area contributed by atoms with E-state index in [-0.39, 0.29) is 5.91 Å². The first-order valence-electron chi connectivity index (χ1n) is 7.65. The lowest BCUT2D eigenvalue weighted by Gasteiger charge is -2.08. The van der Waals surface area contributed by atoms with Crippen molar-refractivity contribution in [3.05, 3.63) is 29.3 Å². The van der Waals surface area contributed by atoms with Gasteiger partial charge in [-0.15, -0.1) is 10.2 Å². The molecule has 2 rings (SSSR count). The molecule has 0 bridgehead atoms. The average Bonchev–Trinajstić information content (AvgIpc) is 2.97. The van der Waals surface area contributed by atoms with Crippen LogP contribution < -0.4 is 10.6 Å². The summed E-state index contributed by atoms with van der Waals surface area (Å²) in [4.78, 5) is 12.1. The molecule has 0 saturated carbocycles. The van der Waals surface area contributed by atoms with E-state index < -0.39 is 0 Å². The number of benzene rings is 1. The van der Waals surface area contributed by atoms with Gasteiger partial charge in [-0.05, 0) is 37.5 Å². The van der Waals surface area contributed by atoms with Crippen molar-refractivity contribution in [2.24, 2.45) is 0 Å². The number of anilines is 2. The lowest BCUT2D eigenvalue weighted by Crippen LogP contribution is -2.14. The zero-order valence-electron chi connectivity index (χ0n) is 13.7. The summed E-state index contributed by atoms with van der Waals surface area (Å²) in [5, 5.41) is 15.2. The minimum atomic E-state index is -0.0283. The molecule has 0 aliphatic rings. The summed E-state index contributed by atoms with van der Waals surface area (Å²) in [7, 11) is 0. The second-order valence-corrected chi connectivity index (χ2v) is 7.51. The average molecular weight is 351 g/mol. The molecule has 0 aliphatic heterocycles. The number of nitrogens with zero attached hydrogens (tertiary/aromatic N) is 2. The largest absolute Gasteiger partial charge is 0.360 e. The molecule has 1 amide bonds. The molecule has 1 aromatic heterocycles. The molecule has 2 N–H and O–H groups in total. The lowest BCUT2D eigenvalue weighted by atomic mass is 10.1. The van der Waals surface area contributed by atoms with Gasteiger partial charge in [0.05, 0.1) is 5.75 Å². The molecule has 1 aromatic carbocycles. The van der Waals surface area contributed by atoms with Crippen molar-refractivity contribution < 1.29 is 4.79 Å². The second kappa shape index (κ2) is 8.88. The Hall–Kier alpha value is -1.60. The van der Waals surface area contributed by atoms with Gasteiger partial charge >= 0.3 is 0 Å². The molecule has 2 aromatic rings. The van der Waals surface area contributed by atoms with Crippen molar-refractivity contribution in [3.8, 4) is 0 Å². The molecular formula is C16H22N4OS2. The van der Waals surface area contributed by atoms with E-state index in [1.807, 2.05) is 32.0 Å². The summed E-state index contributed by atoms with van der Waals surface area (Å²) < 4.78 is 0.806. The fourth-order valence-corrected chi connectivity index (χ4v) is 3.47. The number of aryl methyl sites for hydroxylation is 2. The fraction of sp³-hybridized carbons (Fsp3) is 0.438. The number of hydrogen-bond donors (Lipinski definition) is 2. The van der Waals surface area contributed by atoms with E-state index in [0.29, 0.717) is 5.75 Å². The molecule has 7 heteroatoms. The highest BCUT2D eigenvalue weighted by molar-refractivity contribution is 8.01. The zero-order chi connectivity index (χ0) is 16.7. The quantitative estimate of drug-likeness (QED) is 0.554. The van der Waals surface area contributed by atoms with E-state index in [1.54, 1.807) is 0 Å². The van der Waals surface area contributed by atoms with Gasteiger partial charge < -0.3 is 10.6 Å². The Bertz CT molecular complexity index is 657. The molecule has 0 aliphatic carbocycles. The molecule has 0 radical (unpaired) electrons. The van der Waals surface area contributed by atoms with Gasteiger partial charge in [0.2, 0.25) is 11.0 Å². The number of aromatic nitrogens is 2. The summed E-state index contributed by atoms with van der Waals surface area (Å²) in [5.41, 5.74) is 3.06. The highest BCUT2D eigenvalue weighted by Gasteiger charge is 2.09. The third kappa shape index (κ3) is 5.84. The van der Waals surface area contributed by atoms with Crippen LogP contribution in [0.4, 0.5) is 10.8 Å². The molecule has 0 unspecified atom stereocenters. The standard InChI is InChI=1S/C16H22N4OS2/c1-4-5-8-17-15-19-20-16(23-15)22-10-14(21)18-13-9-11(2)6-7-12(13)3/h6-7,9H,4-5,8,10H2,1-3H3,(H,17,19)(H,18,21). The van der Waals surface area contributed by atoms with E-state index in [1.165, 1.54) is 23.1 Å². The molecule has 23 heavy (non-hydrogen) atoms. The van der Waals surface area contributed by atoms with E-state index in [9.17, 15) is 4.79 Å². The normalized spacial score (nSPS) is 10.6. The van der Waals surface area contributed by atoms with Gasteiger partial charge in [0.1, 0.15) is 0 Å². The van der Waals surface area contributed by atoms with Gasteiger partial charge in [0.25, 0.3) is 0 Å². The smallest absolute Gasteiger partial charge is 0.234 e. The minimum absolute atomic E-state index is 0.0283. The first-order chi connectivity index (χ1) is 11.1. The van der Waals surface area contributed by atoms with Crippen LogP contribution in [-0.4, -0.2) is 28.4 Å². The summed E-state index contributed by atoms with van der Waals surface area (Å²) in [5.74, 6) is 0.302. The number of thioether (sulfide) groups is 1. The minimum Gasteiger partial charge on any atom is -0.360 e. The van der Waals surface area contributed by atoms with Crippen LogP contribution in [0.3, 0.4) is 0 Å². The van der Waals surface area contributed by atoms with Crippen molar-refractivity contribution >= 4 is 39.8 Å². The molecule has 124 valence electrons. The third-order valence-electron chi connectivity index (χ3n) is 3.21. The van der Waals surface area contributed by atoms with Crippen molar-refractivity contribution in [1.29, 1.82) is 0 Å². The highest BCUT2D eigenvalue weighted by atomic mass is 32.2. The van der Waals surface area contributed by atoms with Crippen LogP contribution in [0, 0.1) is 13.8 Å². The van der Waals surface area contributed by atoms with Crippen LogP contribution in [0.1, 0.15) is 30.9 Å². The monoisotopic (exact) mass is 350 g/mol.